The van der Waals surface area contributed by atoms with Crippen LogP contribution in [0, 0.1) is 0 Å². The predicted octanol–water partition coefficient (Wildman–Crippen LogP) is 2.28. The van der Waals surface area contributed by atoms with E-state index < -0.39 is 10.0 Å². The van der Waals surface area contributed by atoms with Gasteiger partial charge in [0.2, 0.25) is 10.0 Å². The molecule has 0 fully saturated rings. The molecule has 0 unspecified atom stereocenters. The van der Waals surface area contributed by atoms with Crippen molar-refractivity contribution in [2.24, 2.45) is 0 Å². The molecular formula is C16H20N2O4S. The summed E-state index contributed by atoms with van der Waals surface area (Å²) in [7, 11) is -1.73. The second kappa shape index (κ2) is 7.43. The van der Waals surface area contributed by atoms with Crippen LogP contribution in [0.25, 0.3) is 0 Å². The van der Waals surface area contributed by atoms with Crippen LogP contribution < -0.4 is 14.2 Å². The van der Waals surface area contributed by atoms with Gasteiger partial charge in [0.15, 0.2) is 11.5 Å². The standard InChI is InChI=1S/C16H20N2O4S/c1-12(18-23(3,19)20)14-4-5-15(16(10-14)21-2)22-11-13-6-8-17-9-7-13/h4-10,12,18H,11H2,1-3H3/t12-/m0/s1. The monoisotopic (exact) mass is 336 g/mol. The Balaban J connectivity index is 2.13. The van der Waals surface area contributed by atoms with Crippen LogP contribution in [0.2, 0.25) is 0 Å². The lowest BCUT2D eigenvalue weighted by atomic mass is 10.1. The number of hydrogen-bond donors (Lipinski definition) is 1. The second-order valence-electron chi connectivity index (χ2n) is 5.17. The van der Waals surface area contributed by atoms with Crippen molar-refractivity contribution in [3.8, 4) is 11.5 Å². The topological polar surface area (TPSA) is 77.5 Å². The third kappa shape index (κ3) is 5.22. The summed E-state index contributed by atoms with van der Waals surface area (Å²) in [5.74, 6) is 1.15. The first kappa shape index (κ1) is 17.2. The van der Waals surface area contributed by atoms with Crippen LogP contribution in [-0.2, 0) is 16.6 Å². The van der Waals surface area contributed by atoms with E-state index in [-0.39, 0.29) is 6.04 Å². The Morgan fingerprint density at radius 1 is 1.17 bits per heavy atom. The Bertz CT molecular complexity index is 748. The highest BCUT2D eigenvalue weighted by Crippen LogP contribution is 2.31. The quantitative estimate of drug-likeness (QED) is 0.839. The summed E-state index contributed by atoms with van der Waals surface area (Å²) in [5, 5.41) is 0. The smallest absolute Gasteiger partial charge is 0.209 e. The molecule has 1 N–H and O–H groups in total. The predicted molar refractivity (Wildman–Crippen MR) is 88.0 cm³/mol. The summed E-state index contributed by atoms with van der Waals surface area (Å²) >= 11 is 0. The number of nitrogens with one attached hydrogen (secondary N) is 1. The number of benzene rings is 1. The minimum atomic E-state index is -3.28. The molecule has 1 heterocycles. The van der Waals surface area contributed by atoms with Gasteiger partial charge in [0.05, 0.1) is 13.4 Å². The lowest BCUT2D eigenvalue weighted by Crippen LogP contribution is -2.25. The maximum atomic E-state index is 11.3. The van der Waals surface area contributed by atoms with Crippen molar-refractivity contribution in [3.05, 3.63) is 53.9 Å². The van der Waals surface area contributed by atoms with Gasteiger partial charge in [0.1, 0.15) is 6.61 Å². The number of aromatic nitrogens is 1. The van der Waals surface area contributed by atoms with Gasteiger partial charge in [-0.3, -0.25) is 4.98 Å². The van der Waals surface area contributed by atoms with E-state index in [1.165, 1.54) is 0 Å². The molecular weight excluding hydrogens is 316 g/mol. The van der Waals surface area contributed by atoms with Crippen molar-refractivity contribution in [1.82, 2.24) is 9.71 Å². The van der Waals surface area contributed by atoms with Crippen LogP contribution in [0.1, 0.15) is 24.1 Å². The minimum Gasteiger partial charge on any atom is -0.493 e. The van der Waals surface area contributed by atoms with Crippen molar-refractivity contribution in [1.29, 1.82) is 0 Å². The van der Waals surface area contributed by atoms with Gasteiger partial charge in [0.25, 0.3) is 0 Å². The Hall–Kier alpha value is -2.12. The molecule has 2 aromatic rings. The summed E-state index contributed by atoms with van der Waals surface area (Å²) in [6.45, 7) is 2.17. The van der Waals surface area contributed by atoms with Crippen LogP contribution in [0.3, 0.4) is 0 Å². The molecule has 0 aliphatic heterocycles. The molecule has 7 heteroatoms. The van der Waals surface area contributed by atoms with E-state index in [1.807, 2.05) is 18.2 Å². The molecule has 0 spiro atoms. The van der Waals surface area contributed by atoms with Crippen molar-refractivity contribution in [2.75, 3.05) is 13.4 Å². The number of nitrogens with zero attached hydrogens (tertiary/aromatic N) is 1. The zero-order valence-corrected chi connectivity index (χ0v) is 14.1. The molecule has 1 aromatic carbocycles. The van der Waals surface area contributed by atoms with E-state index in [0.717, 1.165) is 17.4 Å². The Kier molecular flexibility index (Phi) is 5.57. The summed E-state index contributed by atoms with van der Waals surface area (Å²) in [6.07, 6.45) is 4.54. The van der Waals surface area contributed by atoms with Crippen LogP contribution in [0.5, 0.6) is 11.5 Å². The Labute approximate surface area is 136 Å². The largest absolute Gasteiger partial charge is 0.493 e. The molecule has 6 nitrogen and oxygen atoms in total. The molecule has 1 atom stereocenters. The van der Waals surface area contributed by atoms with Gasteiger partial charge in [-0.25, -0.2) is 13.1 Å². The van der Waals surface area contributed by atoms with Gasteiger partial charge in [-0.15, -0.1) is 0 Å². The molecule has 0 radical (unpaired) electrons. The van der Waals surface area contributed by atoms with Crippen LogP contribution in [0.15, 0.2) is 42.7 Å². The molecule has 2 rings (SSSR count). The molecule has 1 aromatic heterocycles. The molecule has 0 bridgehead atoms. The van der Waals surface area contributed by atoms with Crippen molar-refractivity contribution < 1.29 is 17.9 Å². The number of methoxy groups -OCH3 is 1. The number of rotatable bonds is 7. The molecule has 0 amide bonds. The second-order valence-corrected chi connectivity index (χ2v) is 6.95. The number of sulfonamides is 1. The fourth-order valence-corrected chi connectivity index (χ4v) is 2.88. The van der Waals surface area contributed by atoms with E-state index in [4.69, 9.17) is 9.47 Å². The first-order valence-corrected chi connectivity index (χ1v) is 8.95. The third-order valence-corrected chi connectivity index (χ3v) is 4.00. The zero-order chi connectivity index (χ0) is 16.9. The summed E-state index contributed by atoms with van der Waals surface area (Å²) in [4.78, 5) is 3.96. The highest BCUT2D eigenvalue weighted by atomic mass is 32.2. The summed E-state index contributed by atoms with van der Waals surface area (Å²) in [5.41, 5.74) is 1.79. The van der Waals surface area contributed by atoms with E-state index in [1.54, 1.807) is 38.6 Å². The van der Waals surface area contributed by atoms with Crippen LogP contribution >= 0.6 is 0 Å². The number of pyridine rings is 1. The molecule has 0 saturated heterocycles. The maximum absolute atomic E-state index is 11.3. The fourth-order valence-electron chi connectivity index (χ4n) is 2.10. The lowest BCUT2D eigenvalue weighted by molar-refractivity contribution is 0.284. The van der Waals surface area contributed by atoms with Crippen molar-refractivity contribution >= 4 is 10.0 Å². The Morgan fingerprint density at radius 2 is 1.87 bits per heavy atom. The summed E-state index contributed by atoms with van der Waals surface area (Å²) in [6, 6.07) is 8.75. The average molecular weight is 336 g/mol. The minimum absolute atomic E-state index is 0.354. The van der Waals surface area contributed by atoms with Gasteiger partial charge >= 0.3 is 0 Å². The Morgan fingerprint density at radius 3 is 2.48 bits per heavy atom. The highest BCUT2D eigenvalue weighted by molar-refractivity contribution is 7.88. The molecule has 124 valence electrons. The first-order chi connectivity index (χ1) is 10.9. The molecule has 23 heavy (non-hydrogen) atoms. The van der Waals surface area contributed by atoms with Gasteiger partial charge < -0.3 is 9.47 Å². The van der Waals surface area contributed by atoms with E-state index in [2.05, 4.69) is 9.71 Å². The van der Waals surface area contributed by atoms with E-state index in [9.17, 15) is 8.42 Å². The molecule has 0 saturated carbocycles. The highest BCUT2D eigenvalue weighted by Gasteiger charge is 2.14. The fraction of sp³-hybridized carbons (Fsp3) is 0.312. The number of hydrogen-bond acceptors (Lipinski definition) is 5. The van der Waals surface area contributed by atoms with E-state index in [0.29, 0.717) is 18.1 Å². The van der Waals surface area contributed by atoms with Gasteiger partial charge in [-0.1, -0.05) is 6.07 Å². The van der Waals surface area contributed by atoms with E-state index >= 15 is 0 Å². The SMILES string of the molecule is COc1cc([C@H](C)NS(C)(=O)=O)ccc1OCc1ccncc1. The first-order valence-electron chi connectivity index (χ1n) is 7.06. The van der Waals surface area contributed by atoms with Crippen LogP contribution in [-0.4, -0.2) is 26.8 Å². The molecule has 0 aliphatic carbocycles. The van der Waals surface area contributed by atoms with Gasteiger partial charge in [-0.2, -0.15) is 0 Å². The van der Waals surface area contributed by atoms with Crippen LogP contribution in [0.4, 0.5) is 0 Å². The van der Waals surface area contributed by atoms with Gasteiger partial charge in [-0.05, 0) is 42.3 Å². The lowest BCUT2D eigenvalue weighted by Gasteiger charge is -2.16. The normalized spacial score (nSPS) is 12.7. The van der Waals surface area contributed by atoms with Crippen molar-refractivity contribution in [3.63, 3.8) is 0 Å². The van der Waals surface area contributed by atoms with Crippen molar-refractivity contribution in [2.45, 2.75) is 19.6 Å². The maximum Gasteiger partial charge on any atom is 0.209 e. The molecule has 0 aliphatic rings. The average Bonchev–Trinajstić information content (AvgIpc) is 2.52. The zero-order valence-electron chi connectivity index (χ0n) is 13.3. The third-order valence-electron chi connectivity index (χ3n) is 3.22. The summed E-state index contributed by atoms with van der Waals surface area (Å²) < 4.78 is 36.3. The number of ether oxygens (including phenoxy) is 2. The van der Waals surface area contributed by atoms with Gasteiger partial charge in [0, 0.05) is 18.4 Å².